The first-order valence-corrected chi connectivity index (χ1v) is 20.8. The summed E-state index contributed by atoms with van der Waals surface area (Å²) < 4.78 is 53.7. The Balaban J connectivity index is 1.32. The Morgan fingerprint density at radius 3 is 2.51 bits per heavy atom. The second-order valence-electron chi connectivity index (χ2n) is 16.5. The molecule has 6 atom stereocenters. The standard InChI is InChI=1S/C39H51FN6O10S/c1-6-32(47)44(5)25-13-9-7-8-12-24-19-39(24,35(50)43-57(53,54)27-15-16-27)42-33(48)31-18-26(55-37(52)45-20-23-11-10-14-29(40)28(23)22-45)21-46(31)34(49)30(17-25)41-36(51)56-38(2,3)4/h6,8,10-12,14,24-27,30-31H,1,7,9,13,15-22H2,2-5H3,(H,41,51)(H,42,48)(H,43,50)/b12-8-/t24?,25?,26-,30+,31+,39-/m1/s1. The van der Waals surface area contributed by atoms with Crippen LogP contribution in [0.25, 0.3) is 0 Å². The van der Waals surface area contributed by atoms with Crippen LogP contribution in [-0.2, 0) is 51.8 Å². The first-order chi connectivity index (χ1) is 26.8. The van der Waals surface area contributed by atoms with Crippen LogP contribution in [0.1, 0.15) is 83.3 Å². The van der Waals surface area contributed by atoms with Gasteiger partial charge in [-0.3, -0.25) is 28.8 Å². The Labute approximate surface area is 331 Å². The van der Waals surface area contributed by atoms with Crippen LogP contribution in [-0.4, -0.2) is 113 Å². The fourth-order valence-corrected chi connectivity index (χ4v) is 9.10. The second-order valence-corrected chi connectivity index (χ2v) is 18.5. The molecule has 0 spiro atoms. The molecule has 3 heterocycles. The minimum atomic E-state index is -3.98. The van der Waals surface area contributed by atoms with E-state index in [0.29, 0.717) is 43.2 Å². The van der Waals surface area contributed by atoms with Crippen molar-refractivity contribution in [1.82, 2.24) is 30.1 Å². The highest BCUT2D eigenvalue weighted by molar-refractivity contribution is 7.91. The van der Waals surface area contributed by atoms with Crippen LogP contribution < -0.4 is 15.4 Å². The monoisotopic (exact) mass is 814 g/mol. The summed E-state index contributed by atoms with van der Waals surface area (Å²) in [4.78, 5) is 86.4. The molecule has 0 radical (unpaired) electrons. The van der Waals surface area contributed by atoms with Gasteiger partial charge in [0, 0.05) is 37.5 Å². The third kappa shape index (κ3) is 9.42. The van der Waals surface area contributed by atoms with Crippen molar-refractivity contribution in [2.24, 2.45) is 5.92 Å². The van der Waals surface area contributed by atoms with Gasteiger partial charge in [-0.2, -0.15) is 0 Å². The van der Waals surface area contributed by atoms with Crippen LogP contribution in [0.15, 0.2) is 43.0 Å². The molecule has 0 bridgehead atoms. The number of hydrogen-bond donors (Lipinski definition) is 3. The third-order valence-electron chi connectivity index (χ3n) is 11.1. The first kappa shape index (κ1) is 41.6. The summed E-state index contributed by atoms with van der Waals surface area (Å²) in [6.45, 7) is 8.28. The highest BCUT2D eigenvalue weighted by Gasteiger charge is 2.62. The Hall–Kier alpha value is -5.00. The molecule has 2 saturated carbocycles. The van der Waals surface area contributed by atoms with Crippen molar-refractivity contribution in [3.8, 4) is 0 Å². The van der Waals surface area contributed by atoms with Gasteiger partial charge in [0.2, 0.25) is 27.7 Å². The molecule has 16 nitrogen and oxygen atoms in total. The van der Waals surface area contributed by atoms with Crippen LogP contribution in [0, 0.1) is 11.7 Å². The van der Waals surface area contributed by atoms with Crippen LogP contribution >= 0.6 is 0 Å². The van der Waals surface area contributed by atoms with E-state index in [0.717, 1.165) is 6.08 Å². The lowest BCUT2D eigenvalue weighted by atomic mass is 9.98. The van der Waals surface area contributed by atoms with Crippen molar-refractivity contribution in [3.63, 3.8) is 0 Å². The molecule has 1 saturated heterocycles. The predicted octanol–water partition coefficient (Wildman–Crippen LogP) is 2.77. The maximum atomic E-state index is 14.8. The summed E-state index contributed by atoms with van der Waals surface area (Å²) in [5.74, 6) is -3.88. The van der Waals surface area contributed by atoms with Gasteiger partial charge in [0.1, 0.15) is 35.1 Å². The Morgan fingerprint density at radius 1 is 1.11 bits per heavy atom. The number of halogens is 1. The number of benzene rings is 1. The van der Waals surface area contributed by atoms with Crippen molar-refractivity contribution in [3.05, 3.63) is 60.0 Å². The number of amides is 6. The molecule has 3 N–H and O–H groups in total. The lowest BCUT2D eigenvalue weighted by Gasteiger charge is -2.34. The maximum Gasteiger partial charge on any atom is 0.410 e. The fraction of sp³-hybridized carbons (Fsp3) is 0.590. The van der Waals surface area contributed by atoms with Crippen molar-refractivity contribution in [1.29, 1.82) is 0 Å². The molecule has 6 amide bonds. The topological polar surface area (TPSA) is 201 Å². The summed E-state index contributed by atoms with van der Waals surface area (Å²) >= 11 is 0. The number of allylic oxidation sites excluding steroid dienone is 1. The zero-order chi connectivity index (χ0) is 41.4. The van der Waals surface area contributed by atoms with Crippen molar-refractivity contribution < 1.29 is 51.0 Å². The van der Waals surface area contributed by atoms with Gasteiger partial charge in [-0.25, -0.2) is 22.4 Å². The number of hydrogen-bond acceptors (Lipinski definition) is 10. The van der Waals surface area contributed by atoms with E-state index in [9.17, 15) is 41.6 Å². The van der Waals surface area contributed by atoms with E-state index in [4.69, 9.17) is 9.47 Å². The van der Waals surface area contributed by atoms with Gasteiger partial charge in [-0.1, -0.05) is 30.9 Å². The number of fused-ring (bicyclic) bond motifs is 3. The average molecular weight is 815 g/mol. The summed E-state index contributed by atoms with van der Waals surface area (Å²) in [6.07, 6.45) is 3.96. The van der Waals surface area contributed by atoms with Gasteiger partial charge in [0.15, 0.2) is 0 Å². The number of rotatable bonds is 7. The highest BCUT2D eigenvalue weighted by Crippen LogP contribution is 2.46. The molecular weight excluding hydrogens is 764 g/mol. The summed E-state index contributed by atoms with van der Waals surface area (Å²) in [5.41, 5.74) is -1.61. The van der Waals surface area contributed by atoms with Crippen LogP contribution in [0.2, 0.25) is 0 Å². The lowest BCUT2D eigenvalue weighted by Crippen LogP contribution is -2.59. The fourth-order valence-electron chi connectivity index (χ4n) is 7.74. The molecule has 1 aromatic rings. The smallest absolute Gasteiger partial charge is 0.410 e. The van der Waals surface area contributed by atoms with E-state index < -0.39 is 98.2 Å². The maximum absolute atomic E-state index is 14.8. The van der Waals surface area contributed by atoms with Crippen LogP contribution in [0.3, 0.4) is 0 Å². The van der Waals surface area contributed by atoms with Gasteiger partial charge in [-0.05, 0) is 83.4 Å². The Kier molecular flexibility index (Phi) is 11.8. The predicted molar refractivity (Wildman–Crippen MR) is 203 cm³/mol. The van der Waals surface area contributed by atoms with Gasteiger partial charge >= 0.3 is 12.2 Å². The Bertz CT molecular complexity index is 1970. The molecule has 57 heavy (non-hydrogen) atoms. The SMILES string of the molecule is C=CC(=O)N(C)C1CCC/C=C\C2C[C@@]2(C(=O)NS(=O)(=O)C2CC2)NC(=O)[C@@H]2C[C@@H](OC(=O)N3Cc4cccc(F)c4C3)CN2C(=O)[C@@H](NC(=O)OC(C)(C)C)C1. The summed E-state index contributed by atoms with van der Waals surface area (Å²) in [7, 11) is -2.42. The zero-order valence-electron chi connectivity index (χ0n) is 32.6. The largest absolute Gasteiger partial charge is 0.444 e. The van der Waals surface area contributed by atoms with Crippen molar-refractivity contribution in [2.75, 3.05) is 13.6 Å². The van der Waals surface area contributed by atoms with Gasteiger partial charge in [0.05, 0.1) is 18.3 Å². The molecule has 3 fully saturated rings. The highest BCUT2D eigenvalue weighted by atomic mass is 32.2. The molecule has 2 unspecified atom stereocenters. The van der Waals surface area contributed by atoms with E-state index in [1.54, 1.807) is 46.0 Å². The number of likely N-dealkylation sites (N-methyl/N-ethyl adjacent to an activating group) is 1. The van der Waals surface area contributed by atoms with E-state index in [-0.39, 0.29) is 38.9 Å². The second kappa shape index (κ2) is 16.1. The number of alkyl carbamates (subject to hydrolysis) is 1. The lowest BCUT2D eigenvalue weighted by molar-refractivity contribution is -0.141. The number of carbonyl (C=O) groups is 6. The van der Waals surface area contributed by atoms with Gasteiger partial charge in [-0.15, -0.1) is 0 Å². The first-order valence-electron chi connectivity index (χ1n) is 19.3. The number of sulfonamides is 1. The molecule has 3 aliphatic heterocycles. The number of carbonyl (C=O) groups excluding carboxylic acids is 6. The molecular formula is C39H51FN6O10S. The minimum Gasteiger partial charge on any atom is -0.444 e. The zero-order valence-corrected chi connectivity index (χ0v) is 33.4. The molecule has 5 aliphatic rings. The molecule has 310 valence electrons. The summed E-state index contributed by atoms with van der Waals surface area (Å²) in [6, 6.07) is 1.25. The van der Waals surface area contributed by atoms with E-state index in [1.807, 2.05) is 6.08 Å². The van der Waals surface area contributed by atoms with Gasteiger partial charge < -0.3 is 29.9 Å². The van der Waals surface area contributed by atoms with Crippen molar-refractivity contribution in [2.45, 2.75) is 126 Å². The van der Waals surface area contributed by atoms with E-state index in [2.05, 4.69) is 21.9 Å². The molecule has 6 rings (SSSR count). The van der Waals surface area contributed by atoms with Crippen LogP contribution in [0.5, 0.6) is 0 Å². The number of nitrogens with one attached hydrogen (secondary N) is 3. The third-order valence-corrected chi connectivity index (χ3v) is 12.9. The molecule has 1 aromatic carbocycles. The van der Waals surface area contributed by atoms with E-state index >= 15 is 0 Å². The number of nitrogens with zero attached hydrogens (tertiary/aromatic N) is 3. The molecule has 2 aliphatic carbocycles. The molecule has 18 heteroatoms. The van der Waals surface area contributed by atoms with E-state index in [1.165, 1.54) is 20.8 Å². The molecule has 0 aromatic heterocycles. The number of ether oxygens (including phenoxy) is 2. The van der Waals surface area contributed by atoms with Gasteiger partial charge in [0.25, 0.3) is 5.91 Å². The Morgan fingerprint density at radius 2 is 1.84 bits per heavy atom. The van der Waals surface area contributed by atoms with Crippen molar-refractivity contribution >= 4 is 45.8 Å². The normalized spacial score (nSPS) is 28.3. The quantitative estimate of drug-likeness (QED) is 0.272. The average Bonchev–Trinajstić information content (AvgIpc) is 4.02. The van der Waals surface area contributed by atoms with Crippen LogP contribution in [0.4, 0.5) is 14.0 Å². The minimum absolute atomic E-state index is 0.0450. The summed E-state index contributed by atoms with van der Waals surface area (Å²) in [5, 5.41) is 4.71.